The van der Waals surface area contributed by atoms with Crippen molar-refractivity contribution in [2.45, 2.75) is 32.1 Å². The topological polar surface area (TPSA) is 131 Å². The van der Waals surface area contributed by atoms with Gasteiger partial charge in [-0.2, -0.15) is 0 Å². The van der Waals surface area contributed by atoms with E-state index in [9.17, 15) is 9.59 Å². The second-order valence-corrected chi connectivity index (χ2v) is 8.77. The van der Waals surface area contributed by atoms with Crippen LogP contribution in [0.3, 0.4) is 0 Å². The number of fused-ring (bicyclic) bond motifs is 1. The van der Waals surface area contributed by atoms with E-state index in [1.807, 2.05) is 0 Å². The summed E-state index contributed by atoms with van der Waals surface area (Å²) in [5.74, 6) is 7.34. The third kappa shape index (κ3) is 16.5. The third-order valence-corrected chi connectivity index (χ3v) is 6.08. The first-order valence-corrected chi connectivity index (χ1v) is 13.2. The minimum Gasteiger partial charge on any atom is -0.481 e. The molecular formula is C26H43NO10. The largest absolute Gasteiger partial charge is 0.481 e. The average Bonchev–Trinajstić information content (AvgIpc) is 3.52. The normalized spacial score (nSPS) is 20.2. The van der Waals surface area contributed by atoms with Gasteiger partial charge >= 0.3 is 12.1 Å². The molecule has 1 saturated carbocycles. The van der Waals surface area contributed by atoms with E-state index in [1.54, 1.807) is 0 Å². The van der Waals surface area contributed by atoms with Crippen molar-refractivity contribution in [2.75, 3.05) is 92.4 Å². The molecule has 0 spiro atoms. The lowest BCUT2D eigenvalue weighted by molar-refractivity contribution is -0.138. The number of nitrogens with one attached hydrogen (secondary N) is 1. The van der Waals surface area contributed by atoms with Crippen molar-refractivity contribution in [1.82, 2.24) is 5.32 Å². The van der Waals surface area contributed by atoms with Crippen LogP contribution in [0.25, 0.3) is 0 Å². The summed E-state index contributed by atoms with van der Waals surface area (Å²) in [6.07, 6.45) is 3.78. The molecule has 2 N–H and O–H groups in total. The lowest BCUT2D eigenvalue weighted by Gasteiger charge is -2.09. The Hall–Kier alpha value is -1.94. The van der Waals surface area contributed by atoms with E-state index < -0.39 is 5.97 Å². The molecule has 0 bridgehead atoms. The van der Waals surface area contributed by atoms with Gasteiger partial charge in [0.15, 0.2) is 0 Å². The molecule has 37 heavy (non-hydrogen) atoms. The van der Waals surface area contributed by atoms with E-state index in [2.05, 4.69) is 17.2 Å². The Morgan fingerprint density at radius 1 is 0.676 bits per heavy atom. The second-order valence-electron chi connectivity index (χ2n) is 8.77. The monoisotopic (exact) mass is 529 g/mol. The van der Waals surface area contributed by atoms with E-state index in [-0.39, 0.29) is 19.1 Å². The maximum atomic E-state index is 11.8. The van der Waals surface area contributed by atoms with Crippen molar-refractivity contribution in [3.8, 4) is 11.8 Å². The van der Waals surface area contributed by atoms with Crippen LogP contribution in [0.4, 0.5) is 4.79 Å². The average molecular weight is 530 g/mol. The van der Waals surface area contributed by atoms with Gasteiger partial charge in [-0.05, 0) is 30.6 Å². The van der Waals surface area contributed by atoms with Crippen molar-refractivity contribution < 1.29 is 47.9 Å². The number of hydrogen-bond donors (Lipinski definition) is 2. The number of aliphatic carboxylic acids is 1. The van der Waals surface area contributed by atoms with Gasteiger partial charge in [0.05, 0.1) is 92.3 Å². The summed E-state index contributed by atoms with van der Waals surface area (Å²) in [7, 11) is 0. The van der Waals surface area contributed by atoms with E-state index in [4.69, 9.17) is 38.3 Å². The summed E-state index contributed by atoms with van der Waals surface area (Å²) in [4.78, 5) is 22.1. The first kappa shape index (κ1) is 31.3. The van der Waals surface area contributed by atoms with Crippen LogP contribution < -0.4 is 5.32 Å². The number of carbonyl (C=O) groups excluding carboxylic acids is 1. The van der Waals surface area contributed by atoms with E-state index in [1.165, 1.54) is 0 Å². The highest BCUT2D eigenvalue weighted by molar-refractivity contribution is 5.67. The summed E-state index contributed by atoms with van der Waals surface area (Å²) in [5.41, 5.74) is 0. The number of carbonyl (C=O) groups is 2. The Bertz CT molecular complexity index is 662. The molecule has 11 heteroatoms. The molecule has 0 saturated heterocycles. The van der Waals surface area contributed by atoms with E-state index in [0.717, 1.165) is 25.7 Å². The Morgan fingerprint density at radius 2 is 1.11 bits per heavy atom. The molecular weight excluding hydrogens is 486 g/mol. The molecule has 1 unspecified atom stereocenters. The quantitative estimate of drug-likeness (QED) is 0.149. The Balaban J connectivity index is 1.22. The number of alkyl carbamates (subject to hydrolysis) is 1. The molecule has 0 radical (unpaired) electrons. The highest BCUT2D eigenvalue weighted by Crippen LogP contribution is 2.52. The van der Waals surface area contributed by atoms with E-state index in [0.29, 0.717) is 104 Å². The summed E-state index contributed by atoms with van der Waals surface area (Å²) >= 11 is 0. The van der Waals surface area contributed by atoms with Crippen LogP contribution in [0.15, 0.2) is 0 Å². The molecule has 1 fully saturated rings. The third-order valence-electron chi connectivity index (χ3n) is 6.08. The maximum absolute atomic E-state index is 11.8. The van der Waals surface area contributed by atoms with Crippen LogP contribution in [0.5, 0.6) is 0 Å². The number of carboxylic acid groups (broad SMARTS) is 1. The zero-order valence-electron chi connectivity index (χ0n) is 21.8. The lowest BCUT2D eigenvalue weighted by atomic mass is 10.1. The summed E-state index contributed by atoms with van der Waals surface area (Å²) in [5, 5.41) is 11.2. The molecule has 2 aliphatic carbocycles. The molecule has 2 aliphatic rings. The van der Waals surface area contributed by atoms with Crippen LogP contribution in [0, 0.1) is 29.6 Å². The summed E-state index contributed by atoms with van der Waals surface area (Å²) < 4.78 is 37.4. The van der Waals surface area contributed by atoms with Gasteiger partial charge < -0.3 is 43.6 Å². The fourth-order valence-electron chi connectivity index (χ4n) is 4.09. The zero-order valence-corrected chi connectivity index (χ0v) is 21.8. The Kier molecular flexibility index (Phi) is 17.8. The van der Waals surface area contributed by atoms with Crippen molar-refractivity contribution in [3.63, 3.8) is 0 Å². The molecule has 212 valence electrons. The summed E-state index contributed by atoms with van der Waals surface area (Å²) in [6, 6.07) is 0. The highest BCUT2D eigenvalue weighted by atomic mass is 16.6. The van der Waals surface area contributed by atoms with Gasteiger partial charge in [-0.1, -0.05) is 0 Å². The van der Waals surface area contributed by atoms with Gasteiger partial charge in [-0.15, -0.1) is 11.8 Å². The van der Waals surface area contributed by atoms with Crippen LogP contribution in [-0.4, -0.2) is 110 Å². The first-order chi connectivity index (χ1) is 18.2. The van der Waals surface area contributed by atoms with Crippen LogP contribution >= 0.6 is 0 Å². The number of amides is 1. The fourth-order valence-corrected chi connectivity index (χ4v) is 4.09. The molecule has 3 atom stereocenters. The molecule has 0 aromatic carbocycles. The van der Waals surface area contributed by atoms with Crippen LogP contribution in [-0.2, 0) is 38.0 Å². The highest BCUT2D eigenvalue weighted by Gasteiger charge is 2.49. The van der Waals surface area contributed by atoms with Gasteiger partial charge in [-0.3, -0.25) is 4.79 Å². The van der Waals surface area contributed by atoms with Crippen molar-refractivity contribution in [3.05, 3.63) is 0 Å². The van der Waals surface area contributed by atoms with Gasteiger partial charge in [0, 0.05) is 19.4 Å². The molecule has 2 rings (SSSR count). The lowest BCUT2D eigenvalue weighted by Crippen LogP contribution is -2.29. The Morgan fingerprint density at radius 3 is 1.57 bits per heavy atom. The molecule has 0 aromatic heterocycles. The molecule has 1 amide bonds. The molecule has 0 aliphatic heterocycles. The van der Waals surface area contributed by atoms with Crippen LogP contribution in [0.1, 0.15) is 32.1 Å². The number of hydrogen-bond acceptors (Lipinski definition) is 9. The van der Waals surface area contributed by atoms with Crippen molar-refractivity contribution in [1.29, 1.82) is 0 Å². The molecule has 0 heterocycles. The van der Waals surface area contributed by atoms with Gasteiger partial charge in [0.2, 0.25) is 0 Å². The minimum atomic E-state index is -0.875. The smallest absolute Gasteiger partial charge is 0.407 e. The second kappa shape index (κ2) is 21.0. The van der Waals surface area contributed by atoms with Gasteiger partial charge in [0.25, 0.3) is 0 Å². The molecule has 0 aromatic rings. The maximum Gasteiger partial charge on any atom is 0.407 e. The van der Waals surface area contributed by atoms with Crippen molar-refractivity contribution >= 4 is 12.1 Å². The van der Waals surface area contributed by atoms with Crippen LogP contribution in [0.2, 0.25) is 0 Å². The standard InChI is InChI=1S/C26H43NO10/c28-25(29)7-9-31-11-13-33-15-17-35-19-20-36-18-16-34-14-12-32-10-8-27-26(30)37-21-24-22-5-3-1-2-4-6-23(22)24/h22-24H,3-21H2,(H,27,30)(H,28,29)/t22-,23+,24?. The fraction of sp³-hybridized carbons (Fsp3) is 0.846. The zero-order chi connectivity index (χ0) is 26.4. The first-order valence-electron chi connectivity index (χ1n) is 13.2. The summed E-state index contributed by atoms with van der Waals surface area (Å²) in [6.45, 7) is 5.92. The van der Waals surface area contributed by atoms with E-state index >= 15 is 0 Å². The Labute approximate surface area is 219 Å². The van der Waals surface area contributed by atoms with Crippen molar-refractivity contribution in [2.24, 2.45) is 17.8 Å². The molecule has 11 nitrogen and oxygen atoms in total. The predicted octanol–water partition coefficient (Wildman–Crippen LogP) is 1.73. The number of ether oxygens (including phenoxy) is 7. The SMILES string of the molecule is O=C(O)CCOCCOCCOCCOCCOCCOCCNC(=O)OCC1[C@H]2CCC#CCC[C@@H]12. The van der Waals surface area contributed by atoms with Gasteiger partial charge in [0.1, 0.15) is 0 Å². The number of carboxylic acids is 1. The number of rotatable bonds is 23. The predicted molar refractivity (Wildman–Crippen MR) is 133 cm³/mol. The van der Waals surface area contributed by atoms with Gasteiger partial charge in [-0.25, -0.2) is 4.79 Å². The minimum absolute atomic E-state index is 0.00261.